The van der Waals surface area contributed by atoms with Gasteiger partial charge in [-0.05, 0) is 45.0 Å². The van der Waals surface area contributed by atoms with Gasteiger partial charge in [0.25, 0.3) is 5.91 Å². The standard InChI is InChI=1S/C18H24N2O3/c1-13(6-11-16(21)19-23)12-18(2,3)17(22)14-7-9-15(10-8-14)20(4)5/h6-12,23H,1-5H3,(H,19,21)/b11-6+,13-12+. The number of hydroxylamine groups is 1. The number of hydrogen-bond acceptors (Lipinski definition) is 4. The Morgan fingerprint density at radius 2 is 1.70 bits per heavy atom. The minimum absolute atomic E-state index is 0.00201. The Bertz CT molecular complexity index is 626. The quantitative estimate of drug-likeness (QED) is 0.278. The first kappa shape index (κ1) is 18.6. The summed E-state index contributed by atoms with van der Waals surface area (Å²) in [6.45, 7) is 5.46. The second-order valence-corrected chi connectivity index (χ2v) is 6.19. The van der Waals surface area contributed by atoms with Gasteiger partial charge in [-0.1, -0.05) is 17.7 Å². The summed E-state index contributed by atoms with van der Waals surface area (Å²) in [6, 6.07) is 7.45. The van der Waals surface area contributed by atoms with Gasteiger partial charge in [-0.3, -0.25) is 14.8 Å². The van der Waals surface area contributed by atoms with E-state index in [0.29, 0.717) is 5.56 Å². The molecule has 1 aromatic carbocycles. The molecule has 0 spiro atoms. The van der Waals surface area contributed by atoms with Gasteiger partial charge < -0.3 is 4.90 Å². The fourth-order valence-electron chi connectivity index (χ4n) is 2.21. The highest BCUT2D eigenvalue weighted by atomic mass is 16.5. The summed E-state index contributed by atoms with van der Waals surface area (Å²) in [5.41, 5.74) is 3.25. The van der Waals surface area contributed by atoms with Crippen molar-refractivity contribution in [1.82, 2.24) is 5.48 Å². The zero-order valence-electron chi connectivity index (χ0n) is 14.3. The number of benzene rings is 1. The van der Waals surface area contributed by atoms with Crippen LogP contribution in [0.4, 0.5) is 5.69 Å². The van der Waals surface area contributed by atoms with E-state index in [9.17, 15) is 9.59 Å². The number of allylic oxidation sites excluding steroid dienone is 3. The van der Waals surface area contributed by atoms with Gasteiger partial charge in [0.1, 0.15) is 0 Å². The molecule has 0 saturated heterocycles. The molecular weight excluding hydrogens is 292 g/mol. The zero-order valence-corrected chi connectivity index (χ0v) is 14.3. The van der Waals surface area contributed by atoms with E-state index in [-0.39, 0.29) is 5.78 Å². The molecule has 1 rings (SSSR count). The first-order valence-corrected chi connectivity index (χ1v) is 7.31. The highest BCUT2D eigenvalue weighted by Gasteiger charge is 2.26. The van der Waals surface area contributed by atoms with E-state index in [2.05, 4.69) is 0 Å². The molecular formula is C18H24N2O3. The van der Waals surface area contributed by atoms with Gasteiger partial charge in [-0.15, -0.1) is 0 Å². The van der Waals surface area contributed by atoms with E-state index in [1.807, 2.05) is 57.1 Å². The van der Waals surface area contributed by atoms with Crippen LogP contribution in [0.15, 0.2) is 48.1 Å². The summed E-state index contributed by atoms with van der Waals surface area (Å²) in [4.78, 5) is 25.6. The van der Waals surface area contributed by atoms with Crippen LogP contribution in [0.5, 0.6) is 0 Å². The van der Waals surface area contributed by atoms with Crippen LogP contribution in [0, 0.1) is 5.41 Å². The summed E-state index contributed by atoms with van der Waals surface area (Å²) >= 11 is 0. The van der Waals surface area contributed by atoms with Crippen molar-refractivity contribution in [1.29, 1.82) is 0 Å². The third-order valence-corrected chi connectivity index (χ3v) is 3.43. The molecule has 0 atom stereocenters. The second-order valence-electron chi connectivity index (χ2n) is 6.19. The molecule has 0 radical (unpaired) electrons. The molecule has 1 amide bonds. The smallest absolute Gasteiger partial charge is 0.267 e. The maximum Gasteiger partial charge on any atom is 0.267 e. The van der Waals surface area contributed by atoms with E-state index in [0.717, 1.165) is 11.3 Å². The van der Waals surface area contributed by atoms with Gasteiger partial charge in [0.2, 0.25) is 0 Å². The van der Waals surface area contributed by atoms with Gasteiger partial charge in [0, 0.05) is 36.8 Å². The average molecular weight is 316 g/mol. The molecule has 0 heterocycles. The summed E-state index contributed by atoms with van der Waals surface area (Å²) in [7, 11) is 3.89. The maximum absolute atomic E-state index is 12.7. The highest BCUT2D eigenvalue weighted by Crippen LogP contribution is 2.26. The van der Waals surface area contributed by atoms with Crippen molar-refractivity contribution >= 4 is 17.4 Å². The van der Waals surface area contributed by atoms with Crippen LogP contribution >= 0.6 is 0 Å². The van der Waals surface area contributed by atoms with Crippen molar-refractivity contribution < 1.29 is 14.8 Å². The monoisotopic (exact) mass is 316 g/mol. The summed E-state index contributed by atoms with van der Waals surface area (Å²) in [5.74, 6) is -0.608. The molecule has 0 saturated carbocycles. The molecule has 124 valence electrons. The molecule has 0 fully saturated rings. The predicted octanol–water partition coefficient (Wildman–Crippen LogP) is 2.97. The number of anilines is 1. The zero-order chi connectivity index (χ0) is 17.6. The lowest BCUT2D eigenvalue weighted by Crippen LogP contribution is -2.22. The lowest BCUT2D eigenvalue weighted by atomic mass is 9.82. The molecule has 5 heteroatoms. The molecule has 0 unspecified atom stereocenters. The van der Waals surface area contributed by atoms with E-state index in [1.54, 1.807) is 19.1 Å². The number of hydrogen-bond donors (Lipinski definition) is 2. The molecule has 0 aromatic heterocycles. The van der Waals surface area contributed by atoms with Crippen LogP contribution in [0.25, 0.3) is 0 Å². The molecule has 0 aliphatic heterocycles. The molecule has 0 aliphatic carbocycles. The van der Waals surface area contributed by atoms with Crippen LogP contribution in [0.2, 0.25) is 0 Å². The van der Waals surface area contributed by atoms with Crippen molar-refractivity contribution in [3.05, 3.63) is 53.6 Å². The molecule has 0 bridgehead atoms. The van der Waals surface area contributed by atoms with Crippen molar-refractivity contribution in [2.45, 2.75) is 20.8 Å². The van der Waals surface area contributed by atoms with Crippen LogP contribution in [-0.4, -0.2) is 31.0 Å². The Kier molecular flexibility index (Phi) is 6.28. The van der Waals surface area contributed by atoms with Crippen molar-refractivity contribution in [3.8, 4) is 0 Å². The normalized spacial score (nSPS) is 12.3. The molecule has 5 nitrogen and oxygen atoms in total. The van der Waals surface area contributed by atoms with Gasteiger partial charge in [-0.2, -0.15) is 0 Å². The Hall–Kier alpha value is -2.40. The third-order valence-electron chi connectivity index (χ3n) is 3.43. The van der Waals surface area contributed by atoms with Crippen molar-refractivity contribution in [2.75, 3.05) is 19.0 Å². The van der Waals surface area contributed by atoms with Crippen LogP contribution in [0.1, 0.15) is 31.1 Å². The molecule has 23 heavy (non-hydrogen) atoms. The minimum Gasteiger partial charge on any atom is -0.378 e. The van der Waals surface area contributed by atoms with E-state index in [4.69, 9.17) is 5.21 Å². The van der Waals surface area contributed by atoms with E-state index in [1.165, 1.54) is 11.6 Å². The Morgan fingerprint density at radius 3 is 2.17 bits per heavy atom. The fraction of sp³-hybridized carbons (Fsp3) is 0.333. The predicted molar refractivity (Wildman–Crippen MR) is 91.7 cm³/mol. The first-order valence-electron chi connectivity index (χ1n) is 7.31. The molecule has 1 aromatic rings. The van der Waals surface area contributed by atoms with Gasteiger partial charge in [0.15, 0.2) is 5.78 Å². The number of nitrogens with one attached hydrogen (secondary N) is 1. The SMILES string of the molecule is CC(/C=C/C(=O)NO)=C\C(C)(C)C(=O)c1ccc(N(C)C)cc1. The van der Waals surface area contributed by atoms with E-state index >= 15 is 0 Å². The number of carbonyl (C=O) groups excluding carboxylic acids is 2. The Balaban J connectivity index is 2.95. The number of amides is 1. The van der Waals surface area contributed by atoms with Gasteiger partial charge in [-0.25, -0.2) is 5.48 Å². The summed E-state index contributed by atoms with van der Waals surface area (Å²) in [6.07, 6.45) is 4.56. The number of rotatable bonds is 6. The fourth-order valence-corrected chi connectivity index (χ4v) is 2.21. The van der Waals surface area contributed by atoms with Gasteiger partial charge >= 0.3 is 0 Å². The van der Waals surface area contributed by atoms with Crippen molar-refractivity contribution in [2.24, 2.45) is 5.41 Å². The van der Waals surface area contributed by atoms with E-state index < -0.39 is 11.3 Å². The third kappa shape index (κ3) is 5.38. The van der Waals surface area contributed by atoms with Crippen LogP contribution in [-0.2, 0) is 4.79 Å². The van der Waals surface area contributed by atoms with Gasteiger partial charge in [0.05, 0.1) is 0 Å². The Labute approximate surface area is 137 Å². The lowest BCUT2D eigenvalue weighted by Gasteiger charge is -2.20. The topological polar surface area (TPSA) is 69.6 Å². The summed E-state index contributed by atoms with van der Waals surface area (Å²) < 4.78 is 0. The molecule has 0 aliphatic rings. The number of nitrogens with zero attached hydrogens (tertiary/aromatic N) is 1. The van der Waals surface area contributed by atoms with Crippen LogP contribution < -0.4 is 10.4 Å². The molecule has 2 N–H and O–H groups in total. The number of ketones is 1. The Morgan fingerprint density at radius 1 is 1.13 bits per heavy atom. The highest BCUT2D eigenvalue weighted by molar-refractivity contribution is 6.01. The number of carbonyl (C=O) groups is 2. The second kappa shape index (κ2) is 7.74. The van der Waals surface area contributed by atoms with Crippen molar-refractivity contribution in [3.63, 3.8) is 0 Å². The maximum atomic E-state index is 12.7. The number of Topliss-reactive ketones (excluding diaryl/α,β-unsaturated/α-hetero) is 1. The summed E-state index contributed by atoms with van der Waals surface area (Å²) in [5, 5.41) is 8.45. The average Bonchev–Trinajstić information content (AvgIpc) is 2.51. The largest absolute Gasteiger partial charge is 0.378 e. The first-order chi connectivity index (χ1) is 10.7. The lowest BCUT2D eigenvalue weighted by molar-refractivity contribution is -0.124. The van der Waals surface area contributed by atoms with Crippen LogP contribution in [0.3, 0.4) is 0 Å². The minimum atomic E-state index is -0.705.